The molecule has 0 aliphatic carbocycles. The van der Waals surface area contributed by atoms with Crippen LogP contribution in [0.4, 0.5) is 0 Å². The molecule has 2 rings (SSSR count). The van der Waals surface area contributed by atoms with Crippen LogP contribution in [-0.4, -0.2) is 12.0 Å². The van der Waals surface area contributed by atoms with Crippen LogP contribution in [0.15, 0.2) is 29.6 Å². The second kappa shape index (κ2) is 5.09. The molecule has 0 saturated carbocycles. The van der Waals surface area contributed by atoms with E-state index in [9.17, 15) is 0 Å². The minimum absolute atomic E-state index is 0.694. The molecule has 3 nitrogen and oxygen atoms in total. The Morgan fingerprint density at radius 3 is 3.00 bits per heavy atom. The molecule has 1 aromatic carbocycles. The molecule has 84 valence electrons. The van der Waals surface area contributed by atoms with Crippen LogP contribution in [0.5, 0.6) is 10.9 Å². The zero-order chi connectivity index (χ0) is 11.4. The van der Waals surface area contributed by atoms with Gasteiger partial charge in [-0.3, -0.25) is 0 Å². The van der Waals surface area contributed by atoms with Crippen molar-refractivity contribution in [2.24, 2.45) is 0 Å². The summed E-state index contributed by atoms with van der Waals surface area (Å²) >= 11 is 1.51. The minimum Gasteiger partial charge on any atom is -0.431 e. The highest BCUT2D eigenvalue weighted by atomic mass is 32.1. The summed E-state index contributed by atoms with van der Waals surface area (Å²) in [5.41, 5.74) is 2.19. The van der Waals surface area contributed by atoms with E-state index in [4.69, 9.17) is 4.74 Å². The molecule has 0 bridgehead atoms. The van der Waals surface area contributed by atoms with E-state index in [1.165, 1.54) is 16.9 Å². The number of hydrogen-bond donors (Lipinski definition) is 1. The van der Waals surface area contributed by atoms with Crippen molar-refractivity contribution in [1.82, 2.24) is 10.3 Å². The number of thiazole rings is 1. The summed E-state index contributed by atoms with van der Waals surface area (Å²) in [5, 5.41) is 5.78. The van der Waals surface area contributed by atoms with Crippen LogP contribution in [0, 0.1) is 6.92 Å². The Balaban J connectivity index is 2.12. The normalized spacial score (nSPS) is 10.4. The van der Waals surface area contributed by atoms with Crippen LogP contribution in [0.2, 0.25) is 0 Å². The van der Waals surface area contributed by atoms with Crippen molar-refractivity contribution in [2.45, 2.75) is 13.5 Å². The third-order valence-electron chi connectivity index (χ3n) is 2.08. The molecule has 0 aliphatic heterocycles. The Bertz CT molecular complexity index is 468. The second-order valence-electron chi connectivity index (χ2n) is 3.53. The maximum atomic E-state index is 5.67. The first-order valence-electron chi connectivity index (χ1n) is 5.11. The Morgan fingerprint density at radius 1 is 1.44 bits per heavy atom. The number of ether oxygens (including phenoxy) is 1. The molecule has 0 radical (unpaired) electrons. The predicted octanol–water partition coefficient (Wildman–Crippen LogP) is 2.96. The highest BCUT2D eigenvalue weighted by Crippen LogP contribution is 2.25. The van der Waals surface area contributed by atoms with Gasteiger partial charge >= 0.3 is 0 Å². The summed E-state index contributed by atoms with van der Waals surface area (Å²) in [6.45, 7) is 2.80. The first-order chi connectivity index (χ1) is 7.78. The molecular formula is C12H14N2OS. The number of aryl methyl sites for hydroxylation is 1. The summed E-state index contributed by atoms with van der Waals surface area (Å²) in [5.74, 6) is 0.835. The molecule has 0 fully saturated rings. The first-order valence-corrected chi connectivity index (χ1v) is 5.99. The van der Waals surface area contributed by atoms with Crippen molar-refractivity contribution in [3.63, 3.8) is 0 Å². The van der Waals surface area contributed by atoms with Gasteiger partial charge in [0.15, 0.2) is 0 Å². The molecular weight excluding hydrogens is 220 g/mol. The molecule has 0 saturated heterocycles. The molecule has 0 spiro atoms. The fraction of sp³-hybridized carbons (Fsp3) is 0.250. The van der Waals surface area contributed by atoms with E-state index in [1.54, 1.807) is 0 Å². The fourth-order valence-electron chi connectivity index (χ4n) is 1.40. The standard InChI is InChI=1S/C12H14N2OS/c1-9-8-16-12(14-9)15-11-5-3-4-10(6-11)7-13-2/h3-6,8,13H,7H2,1-2H3. The maximum absolute atomic E-state index is 5.67. The Morgan fingerprint density at radius 2 is 2.31 bits per heavy atom. The van der Waals surface area contributed by atoms with Crippen LogP contribution in [0.25, 0.3) is 0 Å². The van der Waals surface area contributed by atoms with Crippen molar-refractivity contribution in [1.29, 1.82) is 0 Å². The predicted molar refractivity (Wildman–Crippen MR) is 66.1 cm³/mol. The van der Waals surface area contributed by atoms with Crippen LogP contribution in [0.3, 0.4) is 0 Å². The number of nitrogens with one attached hydrogen (secondary N) is 1. The molecule has 1 N–H and O–H groups in total. The van der Waals surface area contributed by atoms with Gasteiger partial charge in [-0.1, -0.05) is 23.5 Å². The van der Waals surface area contributed by atoms with Gasteiger partial charge in [0.1, 0.15) is 5.75 Å². The summed E-state index contributed by atoms with van der Waals surface area (Å²) < 4.78 is 5.67. The molecule has 0 atom stereocenters. The SMILES string of the molecule is CNCc1cccc(Oc2nc(C)cs2)c1. The smallest absolute Gasteiger partial charge is 0.278 e. The van der Waals surface area contributed by atoms with Gasteiger partial charge in [0, 0.05) is 11.9 Å². The number of aromatic nitrogens is 1. The molecule has 1 aromatic heterocycles. The van der Waals surface area contributed by atoms with Gasteiger partial charge in [-0.05, 0) is 31.7 Å². The highest BCUT2D eigenvalue weighted by molar-refractivity contribution is 7.11. The van der Waals surface area contributed by atoms with Gasteiger partial charge in [-0.25, -0.2) is 4.98 Å². The average Bonchev–Trinajstić information content (AvgIpc) is 2.65. The van der Waals surface area contributed by atoms with Gasteiger partial charge in [0.25, 0.3) is 5.19 Å². The molecule has 2 aromatic rings. The maximum Gasteiger partial charge on any atom is 0.278 e. The number of nitrogens with zero attached hydrogens (tertiary/aromatic N) is 1. The lowest BCUT2D eigenvalue weighted by molar-refractivity contribution is 0.477. The van der Waals surface area contributed by atoms with Crippen molar-refractivity contribution in [2.75, 3.05) is 7.05 Å². The largest absolute Gasteiger partial charge is 0.431 e. The Kier molecular flexibility index (Phi) is 3.54. The van der Waals surface area contributed by atoms with Gasteiger partial charge < -0.3 is 10.1 Å². The van der Waals surface area contributed by atoms with Gasteiger partial charge in [0.05, 0.1) is 5.69 Å². The summed E-state index contributed by atoms with van der Waals surface area (Å²) in [4.78, 5) is 4.26. The summed E-state index contributed by atoms with van der Waals surface area (Å²) in [6, 6.07) is 8.02. The van der Waals surface area contributed by atoms with Crippen LogP contribution < -0.4 is 10.1 Å². The van der Waals surface area contributed by atoms with Crippen LogP contribution in [-0.2, 0) is 6.54 Å². The van der Waals surface area contributed by atoms with Crippen molar-refractivity contribution >= 4 is 11.3 Å². The van der Waals surface area contributed by atoms with Crippen molar-refractivity contribution < 1.29 is 4.74 Å². The summed E-state index contributed by atoms with van der Waals surface area (Å²) in [6.07, 6.45) is 0. The van der Waals surface area contributed by atoms with E-state index < -0.39 is 0 Å². The highest BCUT2D eigenvalue weighted by Gasteiger charge is 2.02. The summed E-state index contributed by atoms with van der Waals surface area (Å²) in [7, 11) is 1.93. The fourth-order valence-corrected chi connectivity index (χ4v) is 2.07. The van der Waals surface area contributed by atoms with E-state index in [0.717, 1.165) is 18.0 Å². The lowest BCUT2D eigenvalue weighted by Crippen LogP contribution is -2.04. The van der Waals surface area contributed by atoms with E-state index in [1.807, 2.05) is 37.6 Å². The zero-order valence-electron chi connectivity index (χ0n) is 9.36. The van der Waals surface area contributed by atoms with Crippen LogP contribution in [0.1, 0.15) is 11.3 Å². The molecule has 1 heterocycles. The van der Waals surface area contributed by atoms with Gasteiger partial charge in [-0.15, -0.1) is 0 Å². The van der Waals surface area contributed by atoms with Crippen molar-refractivity contribution in [3.8, 4) is 10.9 Å². The Labute approximate surface area is 99.1 Å². The van der Waals surface area contributed by atoms with Crippen molar-refractivity contribution in [3.05, 3.63) is 40.9 Å². The third-order valence-corrected chi connectivity index (χ3v) is 2.92. The minimum atomic E-state index is 0.694. The molecule has 0 aliphatic rings. The first kappa shape index (κ1) is 11.1. The zero-order valence-corrected chi connectivity index (χ0v) is 10.2. The van der Waals surface area contributed by atoms with E-state index in [2.05, 4.69) is 16.4 Å². The third kappa shape index (κ3) is 2.81. The molecule has 0 amide bonds. The average molecular weight is 234 g/mol. The quantitative estimate of drug-likeness (QED) is 0.883. The van der Waals surface area contributed by atoms with Gasteiger partial charge in [0.2, 0.25) is 0 Å². The number of rotatable bonds is 4. The number of hydrogen-bond acceptors (Lipinski definition) is 4. The van der Waals surface area contributed by atoms with E-state index >= 15 is 0 Å². The monoisotopic (exact) mass is 234 g/mol. The molecule has 16 heavy (non-hydrogen) atoms. The molecule has 4 heteroatoms. The topological polar surface area (TPSA) is 34.1 Å². The lowest BCUT2D eigenvalue weighted by atomic mass is 10.2. The van der Waals surface area contributed by atoms with E-state index in [-0.39, 0.29) is 0 Å². The number of benzene rings is 1. The lowest BCUT2D eigenvalue weighted by Gasteiger charge is -2.04. The second-order valence-corrected chi connectivity index (χ2v) is 4.36. The van der Waals surface area contributed by atoms with E-state index in [0.29, 0.717) is 5.19 Å². The van der Waals surface area contributed by atoms with Gasteiger partial charge in [-0.2, -0.15) is 0 Å². The molecule has 0 unspecified atom stereocenters. The Hall–Kier alpha value is -1.39. The van der Waals surface area contributed by atoms with Crippen LogP contribution >= 0.6 is 11.3 Å².